The molecule has 2 heterocycles. The molecule has 6 nitrogen and oxygen atoms in total. The van der Waals surface area contributed by atoms with Crippen molar-refractivity contribution in [3.63, 3.8) is 0 Å². The van der Waals surface area contributed by atoms with Gasteiger partial charge in [-0.1, -0.05) is 11.3 Å². The second-order valence-electron chi connectivity index (χ2n) is 6.76. The molecule has 2 aromatic rings. The Balaban J connectivity index is 1.68. The van der Waals surface area contributed by atoms with Gasteiger partial charge in [0.05, 0.1) is 12.2 Å². The molecule has 0 unspecified atom stereocenters. The average Bonchev–Trinajstić information content (AvgIpc) is 3.05. The van der Waals surface area contributed by atoms with Crippen molar-refractivity contribution in [2.75, 3.05) is 13.1 Å². The SMILES string of the molecule is CC(C)(O)c1cn(C2CCN(C(=O)c3c(F)cccc3F)CC2)nn1. The Kier molecular flexibility index (Phi) is 4.55. The lowest BCUT2D eigenvalue weighted by Gasteiger charge is -2.32. The van der Waals surface area contributed by atoms with Gasteiger partial charge in [-0.2, -0.15) is 0 Å². The summed E-state index contributed by atoms with van der Waals surface area (Å²) in [5.74, 6) is -2.33. The molecule has 8 heteroatoms. The van der Waals surface area contributed by atoms with Gasteiger partial charge in [-0.3, -0.25) is 4.79 Å². The molecule has 1 aliphatic rings. The Bertz CT molecular complexity index is 757. The van der Waals surface area contributed by atoms with Crippen molar-refractivity contribution < 1.29 is 18.7 Å². The average molecular weight is 350 g/mol. The minimum absolute atomic E-state index is 0.0260. The van der Waals surface area contributed by atoms with Crippen molar-refractivity contribution in [3.05, 3.63) is 47.3 Å². The van der Waals surface area contributed by atoms with Gasteiger partial charge in [0.2, 0.25) is 0 Å². The maximum absolute atomic E-state index is 13.8. The predicted octanol–water partition coefficient (Wildman–Crippen LogP) is 2.26. The van der Waals surface area contributed by atoms with Gasteiger partial charge in [0.1, 0.15) is 28.5 Å². The maximum atomic E-state index is 13.8. The molecule has 3 rings (SSSR count). The standard InChI is InChI=1S/C17H20F2N4O2/c1-17(2,25)14-10-23(21-20-14)11-6-8-22(9-7-11)16(24)15-12(18)4-3-5-13(15)19/h3-5,10-11,25H,6-9H2,1-2H3. The number of likely N-dealkylation sites (tertiary alicyclic amines) is 1. The minimum atomic E-state index is -1.07. The van der Waals surface area contributed by atoms with E-state index in [0.717, 1.165) is 12.1 Å². The lowest BCUT2D eigenvalue weighted by Crippen LogP contribution is -2.40. The third-order valence-corrected chi connectivity index (χ3v) is 4.44. The minimum Gasteiger partial charge on any atom is -0.384 e. The first-order valence-electron chi connectivity index (χ1n) is 8.15. The third kappa shape index (κ3) is 3.53. The molecule has 1 N–H and O–H groups in total. The highest BCUT2D eigenvalue weighted by atomic mass is 19.1. The normalized spacial score (nSPS) is 16.3. The number of piperidine rings is 1. The van der Waals surface area contributed by atoms with Gasteiger partial charge in [0, 0.05) is 13.1 Å². The summed E-state index contributed by atoms with van der Waals surface area (Å²) in [6, 6.07) is 3.42. The van der Waals surface area contributed by atoms with Crippen LogP contribution < -0.4 is 0 Å². The van der Waals surface area contributed by atoms with E-state index in [-0.39, 0.29) is 6.04 Å². The van der Waals surface area contributed by atoms with Gasteiger partial charge in [0.25, 0.3) is 5.91 Å². The molecule has 0 saturated carbocycles. The number of rotatable bonds is 3. The van der Waals surface area contributed by atoms with Crippen LogP contribution in [0, 0.1) is 11.6 Å². The summed E-state index contributed by atoms with van der Waals surface area (Å²) in [4.78, 5) is 13.8. The zero-order chi connectivity index (χ0) is 18.2. The van der Waals surface area contributed by atoms with Crippen molar-refractivity contribution >= 4 is 5.91 Å². The molecule has 0 bridgehead atoms. The van der Waals surface area contributed by atoms with Gasteiger partial charge in [-0.25, -0.2) is 13.5 Å². The molecule has 1 aromatic heterocycles. The van der Waals surface area contributed by atoms with Gasteiger partial charge in [-0.15, -0.1) is 5.10 Å². The molecule has 0 aliphatic carbocycles. The van der Waals surface area contributed by atoms with Crippen molar-refractivity contribution in [1.82, 2.24) is 19.9 Å². The summed E-state index contributed by atoms with van der Waals surface area (Å²) in [6.45, 7) is 4.00. The first-order valence-corrected chi connectivity index (χ1v) is 8.15. The van der Waals surface area contributed by atoms with Crippen LogP contribution in [0.4, 0.5) is 8.78 Å². The summed E-state index contributed by atoms with van der Waals surface area (Å²) in [5, 5.41) is 18.0. The number of carbonyl (C=O) groups is 1. The highest BCUT2D eigenvalue weighted by molar-refractivity contribution is 5.94. The largest absolute Gasteiger partial charge is 0.384 e. The lowest BCUT2D eigenvalue weighted by atomic mass is 10.0. The molecule has 1 aromatic carbocycles. The third-order valence-electron chi connectivity index (χ3n) is 4.44. The van der Waals surface area contributed by atoms with Crippen molar-refractivity contribution in [1.29, 1.82) is 0 Å². The Morgan fingerprint density at radius 1 is 1.24 bits per heavy atom. The van der Waals surface area contributed by atoms with Crippen LogP contribution in [0.2, 0.25) is 0 Å². The van der Waals surface area contributed by atoms with E-state index in [0.29, 0.717) is 31.6 Å². The molecule has 25 heavy (non-hydrogen) atoms. The zero-order valence-corrected chi connectivity index (χ0v) is 14.1. The van der Waals surface area contributed by atoms with Crippen LogP contribution in [0.5, 0.6) is 0 Å². The van der Waals surface area contributed by atoms with Crippen LogP contribution in [0.15, 0.2) is 24.4 Å². The van der Waals surface area contributed by atoms with Gasteiger partial charge >= 0.3 is 0 Å². The van der Waals surface area contributed by atoms with Crippen LogP contribution in [-0.4, -0.2) is 44.0 Å². The number of hydrogen-bond donors (Lipinski definition) is 1. The molecule has 1 fully saturated rings. The topological polar surface area (TPSA) is 71.2 Å². The predicted molar refractivity (Wildman–Crippen MR) is 85.8 cm³/mol. The van der Waals surface area contributed by atoms with Gasteiger partial charge < -0.3 is 10.0 Å². The number of amides is 1. The van der Waals surface area contributed by atoms with Crippen LogP contribution >= 0.6 is 0 Å². The molecule has 0 radical (unpaired) electrons. The summed E-state index contributed by atoms with van der Waals surface area (Å²) in [7, 11) is 0. The zero-order valence-electron chi connectivity index (χ0n) is 14.1. The fourth-order valence-corrected chi connectivity index (χ4v) is 2.93. The van der Waals surface area contributed by atoms with Crippen LogP contribution in [0.25, 0.3) is 0 Å². The van der Waals surface area contributed by atoms with Crippen LogP contribution in [-0.2, 0) is 5.60 Å². The molecule has 134 valence electrons. The van der Waals surface area contributed by atoms with Crippen LogP contribution in [0.3, 0.4) is 0 Å². The smallest absolute Gasteiger partial charge is 0.259 e. The molecule has 1 saturated heterocycles. The monoisotopic (exact) mass is 350 g/mol. The van der Waals surface area contributed by atoms with E-state index < -0.39 is 28.7 Å². The molecular weight excluding hydrogens is 330 g/mol. The first kappa shape index (κ1) is 17.5. The van der Waals surface area contributed by atoms with E-state index in [1.54, 1.807) is 24.7 Å². The van der Waals surface area contributed by atoms with Crippen LogP contribution in [0.1, 0.15) is 48.8 Å². The summed E-state index contributed by atoms with van der Waals surface area (Å²) >= 11 is 0. The Morgan fingerprint density at radius 3 is 2.36 bits per heavy atom. The van der Waals surface area contributed by atoms with E-state index in [2.05, 4.69) is 10.3 Å². The van der Waals surface area contributed by atoms with Crippen molar-refractivity contribution in [2.24, 2.45) is 0 Å². The highest BCUT2D eigenvalue weighted by Crippen LogP contribution is 2.26. The second kappa shape index (κ2) is 6.51. The summed E-state index contributed by atoms with van der Waals surface area (Å²) < 4.78 is 29.2. The second-order valence-corrected chi connectivity index (χ2v) is 6.76. The number of hydrogen-bond acceptors (Lipinski definition) is 4. The lowest BCUT2D eigenvalue weighted by molar-refractivity contribution is 0.0679. The first-order chi connectivity index (χ1) is 11.8. The quantitative estimate of drug-likeness (QED) is 0.922. The number of carbonyl (C=O) groups excluding carboxylic acids is 1. The van der Waals surface area contributed by atoms with E-state index in [1.165, 1.54) is 11.0 Å². The summed E-state index contributed by atoms with van der Waals surface area (Å²) in [5.41, 5.74) is -1.11. The van der Waals surface area contributed by atoms with E-state index >= 15 is 0 Å². The van der Waals surface area contributed by atoms with E-state index in [1.807, 2.05) is 0 Å². The number of benzene rings is 1. The van der Waals surface area contributed by atoms with Gasteiger partial charge in [0.15, 0.2) is 0 Å². The number of nitrogens with zero attached hydrogens (tertiary/aromatic N) is 4. The number of aliphatic hydroxyl groups is 1. The molecule has 0 spiro atoms. The molecule has 0 atom stereocenters. The highest BCUT2D eigenvalue weighted by Gasteiger charge is 2.29. The maximum Gasteiger partial charge on any atom is 0.259 e. The molecular formula is C17H20F2N4O2. The fraction of sp³-hybridized carbons (Fsp3) is 0.471. The van der Waals surface area contributed by atoms with Gasteiger partial charge in [-0.05, 0) is 38.8 Å². The fourth-order valence-electron chi connectivity index (χ4n) is 2.93. The van der Waals surface area contributed by atoms with Crippen molar-refractivity contribution in [2.45, 2.75) is 38.3 Å². The molecule has 1 amide bonds. The number of halogens is 2. The summed E-state index contributed by atoms with van der Waals surface area (Å²) in [6.07, 6.45) is 2.88. The Morgan fingerprint density at radius 2 is 1.84 bits per heavy atom. The van der Waals surface area contributed by atoms with E-state index in [4.69, 9.17) is 0 Å². The Labute approximate surface area is 144 Å². The van der Waals surface area contributed by atoms with Crippen molar-refractivity contribution in [3.8, 4) is 0 Å². The molecule has 1 aliphatic heterocycles. The Hall–Kier alpha value is -2.35. The van der Waals surface area contributed by atoms with E-state index in [9.17, 15) is 18.7 Å². The number of aromatic nitrogens is 3.